The molecule has 106 valence electrons. The maximum atomic E-state index is 5.61. The quantitative estimate of drug-likeness (QED) is 0.696. The van der Waals surface area contributed by atoms with E-state index < -0.39 is 0 Å². The van der Waals surface area contributed by atoms with Gasteiger partial charge in [-0.15, -0.1) is 0 Å². The van der Waals surface area contributed by atoms with Gasteiger partial charge in [-0.05, 0) is 19.4 Å². The van der Waals surface area contributed by atoms with Gasteiger partial charge in [0.1, 0.15) is 6.61 Å². The zero-order chi connectivity index (χ0) is 14.1. The van der Waals surface area contributed by atoms with Crippen LogP contribution in [0.15, 0.2) is 12.8 Å². The molecule has 5 nitrogen and oxygen atoms in total. The second-order valence-corrected chi connectivity index (χ2v) is 4.32. The fourth-order valence-electron chi connectivity index (χ4n) is 1.67. The van der Waals surface area contributed by atoms with Gasteiger partial charge in [-0.2, -0.15) is 0 Å². The second-order valence-electron chi connectivity index (χ2n) is 4.32. The van der Waals surface area contributed by atoms with E-state index in [0.717, 1.165) is 12.8 Å². The van der Waals surface area contributed by atoms with Crippen LogP contribution in [-0.4, -0.2) is 36.3 Å². The topological polar surface area (TPSA) is 56.3 Å². The third kappa shape index (κ3) is 5.26. The molecule has 0 saturated carbocycles. The monoisotopic (exact) mass is 265 g/mol. The highest BCUT2D eigenvalue weighted by atomic mass is 16.5. The first-order valence-corrected chi connectivity index (χ1v) is 6.59. The molecule has 0 aliphatic carbocycles. The van der Waals surface area contributed by atoms with Crippen LogP contribution in [0.2, 0.25) is 0 Å². The van der Waals surface area contributed by atoms with Gasteiger partial charge in [-0.1, -0.05) is 19.9 Å². The van der Waals surface area contributed by atoms with Gasteiger partial charge in [0.15, 0.2) is 17.4 Å². The van der Waals surface area contributed by atoms with Crippen molar-refractivity contribution in [3.8, 4) is 5.75 Å². The van der Waals surface area contributed by atoms with E-state index in [-0.39, 0.29) is 0 Å². The third-order valence-electron chi connectivity index (χ3n) is 2.61. The number of anilines is 1. The number of methoxy groups -OCH3 is 1. The molecule has 0 amide bonds. The Bertz CT molecular complexity index is 396. The predicted octanol–water partition coefficient (Wildman–Crippen LogP) is 2.75. The summed E-state index contributed by atoms with van der Waals surface area (Å²) in [6, 6.07) is 0.336. The van der Waals surface area contributed by atoms with Crippen molar-refractivity contribution in [2.75, 3.05) is 25.6 Å². The first-order chi connectivity index (χ1) is 9.21. The van der Waals surface area contributed by atoms with Crippen molar-refractivity contribution in [3.63, 3.8) is 0 Å². The van der Waals surface area contributed by atoms with E-state index in [2.05, 4.69) is 35.7 Å². The largest absolute Gasteiger partial charge is 0.486 e. The van der Waals surface area contributed by atoms with Crippen molar-refractivity contribution < 1.29 is 9.47 Å². The van der Waals surface area contributed by atoms with Crippen molar-refractivity contribution in [1.29, 1.82) is 0 Å². The van der Waals surface area contributed by atoms with Gasteiger partial charge < -0.3 is 14.8 Å². The molecule has 0 radical (unpaired) electrons. The highest BCUT2D eigenvalue weighted by Crippen LogP contribution is 2.22. The lowest BCUT2D eigenvalue weighted by Gasteiger charge is -2.17. The second kappa shape index (κ2) is 8.48. The highest BCUT2D eigenvalue weighted by Gasteiger charge is 2.10. The molecule has 1 heterocycles. The minimum Gasteiger partial charge on any atom is -0.486 e. The molecule has 0 saturated heterocycles. The SMILES string of the molecule is C=Cc1ncc(OCCOC)c(NC(C)CCC)n1. The zero-order valence-electron chi connectivity index (χ0n) is 12.0. The average Bonchev–Trinajstić information content (AvgIpc) is 2.40. The van der Waals surface area contributed by atoms with Crippen molar-refractivity contribution in [1.82, 2.24) is 9.97 Å². The summed E-state index contributed by atoms with van der Waals surface area (Å²) in [7, 11) is 1.64. The Morgan fingerprint density at radius 2 is 2.26 bits per heavy atom. The van der Waals surface area contributed by atoms with E-state index in [1.807, 2.05) is 0 Å². The third-order valence-corrected chi connectivity index (χ3v) is 2.61. The van der Waals surface area contributed by atoms with Gasteiger partial charge in [0.2, 0.25) is 0 Å². The minimum atomic E-state index is 0.336. The van der Waals surface area contributed by atoms with Crippen LogP contribution in [0, 0.1) is 0 Å². The molecule has 0 aliphatic rings. The van der Waals surface area contributed by atoms with Crippen LogP contribution < -0.4 is 10.1 Å². The van der Waals surface area contributed by atoms with Crippen molar-refractivity contribution >= 4 is 11.9 Å². The molecule has 5 heteroatoms. The summed E-state index contributed by atoms with van der Waals surface area (Å²) in [5, 5.41) is 3.35. The number of nitrogens with zero attached hydrogens (tertiary/aromatic N) is 2. The molecule has 0 aliphatic heterocycles. The maximum Gasteiger partial charge on any atom is 0.180 e. The Balaban J connectivity index is 2.79. The summed E-state index contributed by atoms with van der Waals surface area (Å²) in [4.78, 5) is 8.54. The van der Waals surface area contributed by atoms with Crippen LogP contribution in [0.1, 0.15) is 32.5 Å². The highest BCUT2D eigenvalue weighted by molar-refractivity contribution is 5.52. The number of rotatable bonds is 9. The molecule has 1 unspecified atom stereocenters. The number of aromatic nitrogens is 2. The Morgan fingerprint density at radius 1 is 1.47 bits per heavy atom. The van der Waals surface area contributed by atoms with E-state index in [9.17, 15) is 0 Å². The molecule has 1 aromatic rings. The lowest BCUT2D eigenvalue weighted by Crippen LogP contribution is -2.17. The summed E-state index contributed by atoms with van der Waals surface area (Å²) in [5.74, 6) is 1.94. The van der Waals surface area contributed by atoms with Gasteiger partial charge in [-0.3, -0.25) is 0 Å². The Labute approximate surface area is 115 Å². The van der Waals surface area contributed by atoms with Crippen molar-refractivity contribution in [3.05, 3.63) is 18.6 Å². The van der Waals surface area contributed by atoms with Gasteiger partial charge in [-0.25, -0.2) is 9.97 Å². The Morgan fingerprint density at radius 3 is 2.89 bits per heavy atom. The van der Waals surface area contributed by atoms with Crippen molar-refractivity contribution in [2.45, 2.75) is 32.7 Å². The molecule has 0 fully saturated rings. The average molecular weight is 265 g/mol. The number of nitrogens with one attached hydrogen (secondary N) is 1. The fraction of sp³-hybridized carbons (Fsp3) is 0.571. The maximum absolute atomic E-state index is 5.61. The summed E-state index contributed by atoms with van der Waals surface area (Å²) in [6.07, 6.45) is 5.48. The van der Waals surface area contributed by atoms with E-state index >= 15 is 0 Å². The van der Waals surface area contributed by atoms with E-state index in [0.29, 0.717) is 36.6 Å². The van der Waals surface area contributed by atoms with E-state index in [4.69, 9.17) is 9.47 Å². The fourth-order valence-corrected chi connectivity index (χ4v) is 1.67. The molecule has 0 spiro atoms. The summed E-state index contributed by atoms with van der Waals surface area (Å²) in [5.41, 5.74) is 0. The smallest absolute Gasteiger partial charge is 0.180 e. The lowest BCUT2D eigenvalue weighted by molar-refractivity contribution is 0.146. The molecule has 1 N–H and O–H groups in total. The van der Waals surface area contributed by atoms with Gasteiger partial charge in [0.05, 0.1) is 12.8 Å². The Kier molecular flexibility index (Phi) is 6.89. The summed E-state index contributed by atoms with van der Waals surface area (Å²) in [6.45, 7) is 8.97. The van der Waals surface area contributed by atoms with Gasteiger partial charge in [0, 0.05) is 13.2 Å². The minimum absolute atomic E-state index is 0.336. The predicted molar refractivity (Wildman–Crippen MR) is 77.5 cm³/mol. The molecule has 0 aromatic carbocycles. The molecule has 1 aromatic heterocycles. The van der Waals surface area contributed by atoms with E-state index in [1.165, 1.54) is 0 Å². The number of hydrogen-bond acceptors (Lipinski definition) is 5. The normalized spacial score (nSPS) is 11.9. The lowest BCUT2D eigenvalue weighted by atomic mass is 10.2. The molecule has 0 bridgehead atoms. The molecular formula is C14H23N3O2. The standard InChI is InChI=1S/C14H23N3O2/c1-5-7-11(3)16-14-12(19-9-8-18-4)10-15-13(6-2)17-14/h6,10-11H,2,5,7-9H2,1,3-4H3,(H,15,16,17). The Hall–Kier alpha value is -1.62. The summed E-state index contributed by atoms with van der Waals surface area (Å²) < 4.78 is 10.6. The number of hydrogen-bond donors (Lipinski definition) is 1. The molecule has 19 heavy (non-hydrogen) atoms. The first kappa shape index (κ1) is 15.4. The van der Waals surface area contributed by atoms with Crippen LogP contribution in [0.4, 0.5) is 5.82 Å². The van der Waals surface area contributed by atoms with Gasteiger partial charge >= 0.3 is 0 Å². The molecular weight excluding hydrogens is 242 g/mol. The first-order valence-electron chi connectivity index (χ1n) is 6.59. The van der Waals surface area contributed by atoms with Crippen molar-refractivity contribution in [2.24, 2.45) is 0 Å². The molecule has 1 rings (SSSR count). The van der Waals surface area contributed by atoms with E-state index in [1.54, 1.807) is 19.4 Å². The van der Waals surface area contributed by atoms with Crippen LogP contribution in [0.25, 0.3) is 6.08 Å². The van der Waals surface area contributed by atoms with Crippen LogP contribution >= 0.6 is 0 Å². The van der Waals surface area contributed by atoms with Crippen LogP contribution in [0.5, 0.6) is 5.75 Å². The van der Waals surface area contributed by atoms with Crippen LogP contribution in [-0.2, 0) is 4.74 Å². The zero-order valence-corrected chi connectivity index (χ0v) is 12.0. The summed E-state index contributed by atoms with van der Waals surface area (Å²) >= 11 is 0. The number of ether oxygens (including phenoxy) is 2. The molecule has 1 atom stereocenters. The van der Waals surface area contributed by atoms with Crippen LogP contribution in [0.3, 0.4) is 0 Å². The van der Waals surface area contributed by atoms with Gasteiger partial charge in [0.25, 0.3) is 0 Å².